The molecule has 0 spiro atoms. The van der Waals surface area contributed by atoms with Gasteiger partial charge in [0.25, 0.3) is 0 Å². The average molecular weight is 255 g/mol. The van der Waals surface area contributed by atoms with Crippen molar-refractivity contribution in [2.45, 2.75) is 18.9 Å². The van der Waals surface area contributed by atoms with Crippen LogP contribution in [0.1, 0.15) is 12.8 Å². The van der Waals surface area contributed by atoms with Crippen LogP contribution in [0.3, 0.4) is 0 Å². The molecule has 1 heterocycles. The number of hydrogen-bond donors (Lipinski definition) is 1. The van der Waals surface area contributed by atoms with E-state index in [4.69, 9.17) is 5.73 Å². The molecule has 2 N–H and O–H groups in total. The van der Waals surface area contributed by atoms with E-state index < -0.39 is 0 Å². The highest BCUT2D eigenvalue weighted by molar-refractivity contribution is 9.10. The van der Waals surface area contributed by atoms with Crippen LogP contribution in [0, 0.1) is 0 Å². The van der Waals surface area contributed by atoms with E-state index in [0.29, 0.717) is 6.04 Å². The predicted octanol–water partition coefficient (Wildman–Crippen LogP) is 2.38. The van der Waals surface area contributed by atoms with E-state index >= 15 is 0 Å². The fourth-order valence-corrected chi connectivity index (χ4v) is 2.32. The Morgan fingerprint density at radius 2 is 2.07 bits per heavy atom. The fraction of sp³-hybridized carbons (Fsp3) is 0.455. The Morgan fingerprint density at radius 1 is 1.36 bits per heavy atom. The normalized spacial score (nSPS) is 21.6. The molecule has 1 aromatic rings. The maximum absolute atomic E-state index is 5.74. The summed E-state index contributed by atoms with van der Waals surface area (Å²) in [6.45, 7) is 1.90. The lowest BCUT2D eigenvalue weighted by Crippen LogP contribution is -2.35. The summed E-state index contributed by atoms with van der Waals surface area (Å²) >= 11 is 3.44. The van der Waals surface area contributed by atoms with Gasteiger partial charge in [0.15, 0.2) is 0 Å². The topological polar surface area (TPSA) is 29.3 Å². The number of anilines is 1. The van der Waals surface area contributed by atoms with Gasteiger partial charge in [-0.05, 0) is 37.1 Å². The molecule has 2 rings (SSSR count). The molecule has 3 heteroatoms. The number of benzene rings is 1. The number of nitrogens with zero attached hydrogens (tertiary/aromatic N) is 1. The Morgan fingerprint density at radius 3 is 2.71 bits per heavy atom. The molecule has 1 aliphatic rings. The zero-order chi connectivity index (χ0) is 9.97. The second-order valence-corrected chi connectivity index (χ2v) is 4.62. The van der Waals surface area contributed by atoms with E-state index in [9.17, 15) is 0 Å². The van der Waals surface area contributed by atoms with Crippen molar-refractivity contribution in [2.75, 3.05) is 18.0 Å². The predicted molar refractivity (Wildman–Crippen MR) is 63.6 cm³/mol. The molecule has 1 aromatic carbocycles. The molecule has 1 aliphatic heterocycles. The minimum absolute atomic E-state index is 0.538. The summed E-state index contributed by atoms with van der Waals surface area (Å²) in [5.41, 5.74) is 7.03. The van der Waals surface area contributed by atoms with E-state index in [1.165, 1.54) is 18.5 Å². The second kappa shape index (κ2) is 4.32. The molecule has 2 nitrogen and oxygen atoms in total. The average Bonchev–Trinajstić information content (AvgIpc) is 2.67. The molecule has 0 saturated carbocycles. The van der Waals surface area contributed by atoms with Gasteiger partial charge in [-0.3, -0.25) is 0 Å². The van der Waals surface area contributed by atoms with Crippen LogP contribution in [-0.2, 0) is 0 Å². The highest BCUT2D eigenvalue weighted by Crippen LogP contribution is 2.26. The van der Waals surface area contributed by atoms with Crippen LogP contribution in [0.15, 0.2) is 28.7 Å². The lowest BCUT2D eigenvalue weighted by molar-refractivity contribution is 0.677. The molecule has 1 atom stereocenters. The summed E-state index contributed by atoms with van der Waals surface area (Å²) in [6.07, 6.45) is 2.49. The second-order valence-electron chi connectivity index (χ2n) is 3.70. The minimum atomic E-state index is 0.538. The van der Waals surface area contributed by atoms with Crippen LogP contribution in [0.4, 0.5) is 5.69 Å². The third-order valence-electron chi connectivity index (χ3n) is 2.81. The van der Waals surface area contributed by atoms with Gasteiger partial charge in [-0.2, -0.15) is 0 Å². The largest absolute Gasteiger partial charge is 0.367 e. The van der Waals surface area contributed by atoms with Crippen LogP contribution in [-0.4, -0.2) is 19.1 Å². The zero-order valence-corrected chi connectivity index (χ0v) is 9.70. The first kappa shape index (κ1) is 9.99. The van der Waals surface area contributed by atoms with Crippen molar-refractivity contribution in [2.24, 2.45) is 5.73 Å². The van der Waals surface area contributed by atoms with Gasteiger partial charge in [-0.1, -0.05) is 15.9 Å². The highest BCUT2D eigenvalue weighted by Gasteiger charge is 2.22. The number of halogens is 1. The number of rotatable bonds is 2. The molecule has 0 aromatic heterocycles. The van der Waals surface area contributed by atoms with Gasteiger partial charge in [0.1, 0.15) is 0 Å². The molecule has 0 bridgehead atoms. The van der Waals surface area contributed by atoms with E-state index in [-0.39, 0.29) is 0 Å². The molecule has 0 amide bonds. The van der Waals surface area contributed by atoms with Crippen molar-refractivity contribution in [1.82, 2.24) is 0 Å². The molecule has 1 saturated heterocycles. The lowest BCUT2D eigenvalue weighted by Gasteiger charge is -2.25. The maximum Gasteiger partial charge on any atom is 0.0412 e. The van der Waals surface area contributed by atoms with Crippen LogP contribution < -0.4 is 10.6 Å². The van der Waals surface area contributed by atoms with E-state index in [2.05, 4.69) is 45.1 Å². The van der Waals surface area contributed by atoms with Gasteiger partial charge in [-0.25, -0.2) is 0 Å². The minimum Gasteiger partial charge on any atom is -0.367 e. The number of hydrogen-bond acceptors (Lipinski definition) is 2. The zero-order valence-electron chi connectivity index (χ0n) is 8.12. The van der Waals surface area contributed by atoms with Crippen LogP contribution in [0.2, 0.25) is 0 Å². The number of nitrogens with two attached hydrogens (primary N) is 1. The molecule has 76 valence electrons. The molecule has 0 aliphatic carbocycles. The summed E-state index contributed by atoms with van der Waals surface area (Å²) < 4.78 is 1.13. The lowest BCUT2D eigenvalue weighted by atomic mass is 10.2. The summed E-state index contributed by atoms with van der Waals surface area (Å²) in [7, 11) is 0. The van der Waals surface area contributed by atoms with Crippen molar-refractivity contribution < 1.29 is 0 Å². The SMILES string of the molecule is NCC1CCCN1c1ccc(Br)cc1. The van der Waals surface area contributed by atoms with Gasteiger partial charge >= 0.3 is 0 Å². The van der Waals surface area contributed by atoms with Crippen LogP contribution >= 0.6 is 15.9 Å². The van der Waals surface area contributed by atoms with Gasteiger partial charge in [-0.15, -0.1) is 0 Å². The molecular formula is C11H15BrN2. The van der Waals surface area contributed by atoms with Crippen molar-refractivity contribution in [1.29, 1.82) is 0 Å². The first-order valence-corrected chi connectivity index (χ1v) is 5.83. The third-order valence-corrected chi connectivity index (χ3v) is 3.34. The smallest absolute Gasteiger partial charge is 0.0412 e. The highest BCUT2D eigenvalue weighted by atomic mass is 79.9. The van der Waals surface area contributed by atoms with Crippen LogP contribution in [0.25, 0.3) is 0 Å². The molecule has 1 fully saturated rings. The van der Waals surface area contributed by atoms with Crippen LogP contribution in [0.5, 0.6) is 0 Å². The molecule has 0 radical (unpaired) electrons. The van der Waals surface area contributed by atoms with E-state index in [1.54, 1.807) is 0 Å². The molecule has 14 heavy (non-hydrogen) atoms. The Bertz CT molecular complexity index is 297. The first-order valence-electron chi connectivity index (χ1n) is 5.03. The Hall–Kier alpha value is -0.540. The van der Waals surface area contributed by atoms with Gasteiger partial charge in [0.05, 0.1) is 0 Å². The summed E-state index contributed by atoms with van der Waals surface area (Å²) in [6, 6.07) is 9.01. The maximum atomic E-state index is 5.74. The Balaban J connectivity index is 2.17. The Labute approximate surface area is 93.2 Å². The third kappa shape index (κ3) is 1.93. The molecular weight excluding hydrogens is 240 g/mol. The van der Waals surface area contributed by atoms with Gasteiger partial charge < -0.3 is 10.6 Å². The van der Waals surface area contributed by atoms with E-state index in [0.717, 1.165) is 17.6 Å². The summed E-state index contributed by atoms with van der Waals surface area (Å²) in [5, 5.41) is 0. The Kier molecular flexibility index (Phi) is 3.08. The summed E-state index contributed by atoms with van der Waals surface area (Å²) in [4.78, 5) is 2.41. The van der Waals surface area contributed by atoms with Crippen molar-refractivity contribution >= 4 is 21.6 Å². The van der Waals surface area contributed by atoms with Crippen molar-refractivity contribution in [3.05, 3.63) is 28.7 Å². The summed E-state index contributed by atoms with van der Waals surface area (Å²) in [5.74, 6) is 0. The fourth-order valence-electron chi connectivity index (χ4n) is 2.05. The standard InChI is InChI=1S/C11H15BrN2/c12-9-3-5-10(6-4-9)14-7-1-2-11(14)8-13/h3-6,11H,1-2,7-8,13H2. The van der Waals surface area contributed by atoms with Gasteiger partial charge in [0.2, 0.25) is 0 Å². The van der Waals surface area contributed by atoms with Crippen molar-refractivity contribution in [3.8, 4) is 0 Å². The first-order chi connectivity index (χ1) is 6.81. The van der Waals surface area contributed by atoms with Gasteiger partial charge in [0, 0.05) is 29.3 Å². The quantitative estimate of drug-likeness (QED) is 0.879. The van der Waals surface area contributed by atoms with E-state index in [1.807, 2.05) is 0 Å². The van der Waals surface area contributed by atoms with Crippen molar-refractivity contribution in [3.63, 3.8) is 0 Å². The monoisotopic (exact) mass is 254 g/mol. The molecule has 1 unspecified atom stereocenters.